The van der Waals surface area contributed by atoms with E-state index in [9.17, 15) is 8.78 Å². The Bertz CT molecular complexity index is 403. The molecule has 1 fully saturated rings. The van der Waals surface area contributed by atoms with E-state index in [4.69, 9.17) is 0 Å². The van der Waals surface area contributed by atoms with Crippen molar-refractivity contribution in [3.05, 3.63) is 29.8 Å². The van der Waals surface area contributed by atoms with Gasteiger partial charge in [-0.3, -0.25) is 0 Å². The maximum absolute atomic E-state index is 12.0. The average Bonchev–Trinajstić information content (AvgIpc) is 2.46. The molecule has 21 heavy (non-hydrogen) atoms. The number of ether oxygens (including phenoxy) is 1. The Kier molecular flexibility index (Phi) is 6.39. The highest BCUT2D eigenvalue weighted by Crippen LogP contribution is 2.19. The van der Waals surface area contributed by atoms with E-state index in [-0.39, 0.29) is 5.75 Å². The number of alkyl halides is 2. The molecule has 0 radical (unpaired) electrons. The Labute approximate surface area is 125 Å². The Hall–Kier alpha value is -1.20. The fourth-order valence-electron chi connectivity index (χ4n) is 2.68. The van der Waals surface area contributed by atoms with E-state index in [0.717, 1.165) is 24.6 Å². The van der Waals surface area contributed by atoms with Crippen LogP contribution in [-0.2, 0) is 6.54 Å². The van der Waals surface area contributed by atoms with Crippen molar-refractivity contribution in [3.8, 4) is 5.75 Å². The number of hydrogen-bond donors (Lipinski definition) is 1. The van der Waals surface area contributed by atoms with Gasteiger partial charge in [0, 0.05) is 6.54 Å². The SMILES string of the molecule is CN1CCC(CCNCc2ccc(OC(F)F)cc2)CC1. The molecule has 1 aliphatic heterocycles. The number of piperidine rings is 1. The van der Waals surface area contributed by atoms with Crippen LogP contribution < -0.4 is 10.1 Å². The summed E-state index contributed by atoms with van der Waals surface area (Å²) in [5, 5.41) is 3.42. The first-order valence-corrected chi connectivity index (χ1v) is 7.56. The first-order chi connectivity index (χ1) is 10.1. The Balaban J connectivity index is 1.62. The maximum atomic E-state index is 12.0. The van der Waals surface area contributed by atoms with Crippen LogP contribution in [0.25, 0.3) is 0 Å². The smallest absolute Gasteiger partial charge is 0.387 e. The third kappa shape index (κ3) is 5.98. The molecule has 5 heteroatoms. The average molecular weight is 298 g/mol. The van der Waals surface area contributed by atoms with Gasteiger partial charge in [0.15, 0.2) is 0 Å². The van der Waals surface area contributed by atoms with Crippen molar-refractivity contribution in [3.63, 3.8) is 0 Å². The zero-order valence-electron chi connectivity index (χ0n) is 12.5. The summed E-state index contributed by atoms with van der Waals surface area (Å²) < 4.78 is 28.4. The number of benzene rings is 1. The van der Waals surface area contributed by atoms with E-state index < -0.39 is 6.61 Å². The van der Waals surface area contributed by atoms with Gasteiger partial charge >= 0.3 is 6.61 Å². The van der Waals surface area contributed by atoms with Gasteiger partial charge < -0.3 is 15.0 Å². The Morgan fingerprint density at radius 2 is 1.90 bits per heavy atom. The highest BCUT2D eigenvalue weighted by atomic mass is 19.3. The molecule has 3 nitrogen and oxygen atoms in total. The van der Waals surface area contributed by atoms with Crippen LogP contribution in [0.15, 0.2) is 24.3 Å². The molecule has 1 aromatic carbocycles. The molecule has 0 saturated carbocycles. The van der Waals surface area contributed by atoms with Crippen LogP contribution in [0, 0.1) is 5.92 Å². The van der Waals surface area contributed by atoms with Crippen LogP contribution in [0.5, 0.6) is 5.75 Å². The van der Waals surface area contributed by atoms with E-state index >= 15 is 0 Å². The minimum absolute atomic E-state index is 0.208. The molecular formula is C16H24F2N2O. The lowest BCUT2D eigenvalue weighted by atomic mass is 9.94. The molecule has 2 rings (SSSR count). The van der Waals surface area contributed by atoms with E-state index in [1.54, 1.807) is 12.1 Å². The number of likely N-dealkylation sites (tertiary alicyclic amines) is 1. The van der Waals surface area contributed by atoms with Gasteiger partial charge in [0.1, 0.15) is 5.75 Å². The molecule has 1 N–H and O–H groups in total. The third-order valence-electron chi connectivity index (χ3n) is 4.05. The van der Waals surface area contributed by atoms with Gasteiger partial charge in [0.05, 0.1) is 0 Å². The molecule has 0 unspecified atom stereocenters. The van der Waals surface area contributed by atoms with Crippen molar-refractivity contribution in [2.75, 3.05) is 26.7 Å². The number of nitrogens with one attached hydrogen (secondary N) is 1. The quantitative estimate of drug-likeness (QED) is 0.783. The van der Waals surface area contributed by atoms with Crippen molar-refractivity contribution in [2.24, 2.45) is 5.92 Å². The van der Waals surface area contributed by atoms with Crippen molar-refractivity contribution < 1.29 is 13.5 Å². The zero-order valence-corrected chi connectivity index (χ0v) is 12.5. The largest absolute Gasteiger partial charge is 0.435 e. The van der Waals surface area contributed by atoms with Crippen LogP contribution >= 0.6 is 0 Å². The summed E-state index contributed by atoms with van der Waals surface area (Å²) >= 11 is 0. The molecule has 1 aliphatic rings. The van der Waals surface area contributed by atoms with Gasteiger partial charge in [-0.05, 0) is 69.6 Å². The molecule has 0 bridgehead atoms. The van der Waals surface area contributed by atoms with E-state index in [1.165, 1.54) is 32.4 Å². The Morgan fingerprint density at radius 3 is 2.52 bits per heavy atom. The number of halogens is 2. The fourth-order valence-corrected chi connectivity index (χ4v) is 2.68. The maximum Gasteiger partial charge on any atom is 0.387 e. The summed E-state index contributed by atoms with van der Waals surface area (Å²) in [6.07, 6.45) is 3.79. The molecule has 0 aromatic heterocycles. The molecular weight excluding hydrogens is 274 g/mol. The molecule has 1 heterocycles. The van der Waals surface area contributed by atoms with E-state index in [0.29, 0.717) is 0 Å². The van der Waals surface area contributed by atoms with Gasteiger partial charge in [-0.1, -0.05) is 12.1 Å². The van der Waals surface area contributed by atoms with Crippen LogP contribution in [0.2, 0.25) is 0 Å². The minimum Gasteiger partial charge on any atom is -0.435 e. The van der Waals surface area contributed by atoms with Gasteiger partial charge in [0.25, 0.3) is 0 Å². The van der Waals surface area contributed by atoms with Crippen molar-refractivity contribution in [1.82, 2.24) is 10.2 Å². The van der Waals surface area contributed by atoms with Crippen LogP contribution in [0.1, 0.15) is 24.8 Å². The van der Waals surface area contributed by atoms with E-state index in [1.807, 2.05) is 12.1 Å². The van der Waals surface area contributed by atoms with Gasteiger partial charge in [-0.25, -0.2) is 0 Å². The first-order valence-electron chi connectivity index (χ1n) is 7.56. The summed E-state index contributed by atoms with van der Waals surface area (Å²) in [7, 11) is 2.18. The minimum atomic E-state index is -2.76. The standard InChI is InChI=1S/C16H24F2N2O/c1-20-10-7-13(8-11-20)6-9-19-12-14-2-4-15(5-3-14)21-16(17)18/h2-5,13,16,19H,6-12H2,1H3. The summed E-state index contributed by atoms with van der Waals surface area (Å²) in [6.45, 7) is 1.42. The summed E-state index contributed by atoms with van der Waals surface area (Å²) in [6, 6.07) is 6.81. The molecule has 0 amide bonds. The van der Waals surface area contributed by atoms with E-state index in [2.05, 4.69) is 22.0 Å². The molecule has 118 valence electrons. The summed E-state index contributed by atoms with van der Waals surface area (Å²) in [5.74, 6) is 1.04. The predicted octanol–water partition coefficient (Wildman–Crippen LogP) is 3.11. The second kappa shape index (κ2) is 8.29. The summed E-state index contributed by atoms with van der Waals surface area (Å²) in [5.41, 5.74) is 1.08. The summed E-state index contributed by atoms with van der Waals surface area (Å²) in [4.78, 5) is 2.38. The van der Waals surface area contributed by atoms with Crippen molar-refractivity contribution >= 4 is 0 Å². The molecule has 1 saturated heterocycles. The highest BCUT2D eigenvalue weighted by Gasteiger charge is 2.15. The topological polar surface area (TPSA) is 24.5 Å². The molecule has 0 atom stereocenters. The first kappa shape index (κ1) is 16.2. The van der Waals surface area contributed by atoms with Gasteiger partial charge in [-0.2, -0.15) is 8.78 Å². The van der Waals surface area contributed by atoms with Crippen molar-refractivity contribution in [2.45, 2.75) is 32.4 Å². The zero-order chi connectivity index (χ0) is 15.1. The lowest BCUT2D eigenvalue weighted by Gasteiger charge is -2.28. The van der Waals surface area contributed by atoms with Crippen LogP contribution in [0.3, 0.4) is 0 Å². The normalized spacial score (nSPS) is 17.3. The highest BCUT2D eigenvalue weighted by molar-refractivity contribution is 5.27. The lowest BCUT2D eigenvalue weighted by molar-refractivity contribution is -0.0498. The predicted molar refractivity (Wildman–Crippen MR) is 79.6 cm³/mol. The second-order valence-corrected chi connectivity index (χ2v) is 5.73. The van der Waals surface area contributed by atoms with Gasteiger partial charge in [-0.15, -0.1) is 0 Å². The van der Waals surface area contributed by atoms with Crippen LogP contribution in [0.4, 0.5) is 8.78 Å². The van der Waals surface area contributed by atoms with Gasteiger partial charge in [0.2, 0.25) is 0 Å². The second-order valence-electron chi connectivity index (χ2n) is 5.73. The fraction of sp³-hybridized carbons (Fsp3) is 0.625. The molecule has 1 aromatic rings. The number of nitrogens with zero attached hydrogens (tertiary/aromatic N) is 1. The number of rotatable bonds is 7. The van der Waals surface area contributed by atoms with Crippen LogP contribution in [-0.4, -0.2) is 38.2 Å². The molecule has 0 aliphatic carbocycles. The third-order valence-corrected chi connectivity index (χ3v) is 4.05. The van der Waals surface area contributed by atoms with Crippen molar-refractivity contribution in [1.29, 1.82) is 0 Å². The Morgan fingerprint density at radius 1 is 1.24 bits per heavy atom. The number of hydrogen-bond acceptors (Lipinski definition) is 3. The monoisotopic (exact) mass is 298 g/mol. The molecule has 0 spiro atoms. The lowest BCUT2D eigenvalue weighted by Crippen LogP contribution is -2.31.